The number of nitrogens with zero attached hydrogens (tertiary/aromatic N) is 1. The summed E-state index contributed by atoms with van der Waals surface area (Å²) in [5.74, 6) is -3.32. The van der Waals surface area contributed by atoms with Gasteiger partial charge in [-0.05, 0) is 17.7 Å². The second kappa shape index (κ2) is 8.31. The SMILES string of the molecule is COCCC(=O)N(CCC(=O)O)Cc1ccc(F)c(F)c1. The van der Waals surface area contributed by atoms with E-state index in [4.69, 9.17) is 9.84 Å². The molecule has 0 saturated carbocycles. The van der Waals surface area contributed by atoms with E-state index >= 15 is 0 Å². The molecule has 1 aromatic rings. The average Bonchev–Trinajstić information content (AvgIpc) is 2.44. The highest BCUT2D eigenvalue weighted by atomic mass is 19.2. The van der Waals surface area contributed by atoms with Gasteiger partial charge in [0.05, 0.1) is 19.4 Å². The molecule has 1 N–H and O–H groups in total. The number of ether oxygens (including phenoxy) is 1. The molecule has 0 heterocycles. The summed E-state index contributed by atoms with van der Waals surface area (Å²) in [5, 5.41) is 8.69. The van der Waals surface area contributed by atoms with Crippen molar-refractivity contribution in [2.24, 2.45) is 0 Å². The van der Waals surface area contributed by atoms with Gasteiger partial charge in [-0.2, -0.15) is 0 Å². The van der Waals surface area contributed by atoms with Crippen molar-refractivity contribution in [3.63, 3.8) is 0 Å². The highest BCUT2D eigenvalue weighted by Gasteiger charge is 2.16. The molecule has 0 radical (unpaired) electrons. The van der Waals surface area contributed by atoms with Crippen molar-refractivity contribution in [2.45, 2.75) is 19.4 Å². The van der Waals surface area contributed by atoms with Crippen molar-refractivity contribution in [2.75, 3.05) is 20.3 Å². The zero-order valence-corrected chi connectivity index (χ0v) is 11.6. The van der Waals surface area contributed by atoms with E-state index < -0.39 is 17.6 Å². The molecule has 0 aliphatic rings. The second-order valence-corrected chi connectivity index (χ2v) is 4.45. The number of carbonyl (C=O) groups excluding carboxylic acids is 1. The number of hydrogen-bond acceptors (Lipinski definition) is 3. The summed E-state index contributed by atoms with van der Waals surface area (Å²) in [6, 6.07) is 3.32. The molecule has 116 valence electrons. The molecule has 0 aliphatic carbocycles. The van der Waals surface area contributed by atoms with Gasteiger partial charge >= 0.3 is 5.97 Å². The molecular weight excluding hydrogens is 284 g/mol. The Balaban J connectivity index is 2.76. The van der Waals surface area contributed by atoms with Crippen molar-refractivity contribution in [1.29, 1.82) is 0 Å². The van der Waals surface area contributed by atoms with Crippen LogP contribution >= 0.6 is 0 Å². The predicted molar refractivity (Wildman–Crippen MR) is 70.5 cm³/mol. The summed E-state index contributed by atoms with van der Waals surface area (Å²) in [5.41, 5.74) is 0.394. The van der Waals surface area contributed by atoms with Crippen LogP contribution in [0, 0.1) is 11.6 Å². The number of methoxy groups -OCH3 is 1. The third kappa shape index (κ3) is 5.86. The second-order valence-electron chi connectivity index (χ2n) is 4.45. The van der Waals surface area contributed by atoms with Crippen LogP contribution in [0.3, 0.4) is 0 Å². The smallest absolute Gasteiger partial charge is 0.305 e. The lowest BCUT2D eigenvalue weighted by Gasteiger charge is -2.22. The minimum atomic E-state index is -1.04. The van der Waals surface area contributed by atoms with Crippen molar-refractivity contribution in [1.82, 2.24) is 4.90 Å². The first-order chi connectivity index (χ1) is 9.93. The van der Waals surface area contributed by atoms with E-state index in [1.165, 1.54) is 18.1 Å². The van der Waals surface area contributed by atoms with Gasteiger partial charge in [0.2, 0.25) is 5.91 Å². The van der Waals surface area contributed by atoms with Crippen LogP contribution in [0.4, 0.5) is 8.78 Å². The van der Waals surface area contributed by atoms with Gasteiger partial charge in [-0.15, -0.1) is 0 Å². The summed E-state index contributed by atoms with van der Waals surface area (Å²) in [6.45, 7) is 0.226. The lowest BCUT2D eigenvalue weighted by molar-refractivity contribution is -0.139. The van der Waals surface area contributed by atoms with E-state index in [1.807, 2.05) is 0 Å². The Hall–Kier alpha value is -2.02. The maximum absolute atomic E-state index is 13.2. The summed E-state index contributed by atoms with van der Waals surface area (Å²) >= 11 is 0. The molecule has 0 atom stereocenters. The molecule has 0 spiro atoms. The van der Waals surface area contributed by atoms with Crippen molar-refractivity contribution in [3.05, 3.63) is 35.4 Å². The van der Waals surface area contributed by atoms with E-state index in [9.17, 15) is 18.4 Å². The van der Waals surface area contributed by atoms with E-state index in [0.717, 1.165) is 12.1 Å². The number of aliphatic carboxylic acids is 1. The number of carboxylic acid groups (broad SMARTS) is 1. The highest BCUT2D eigenvalue weighted by Crippen LogP contribution is 2.12. The molecule has 0 aromatic heterocycles. The topological polar surface area (TPSA) is 66.8 Å². The summed E-state index contributed by atoms with van der Waals surface area (Å²) < 4.78 is 30.8. The zero-order valence-electron chi connectivity index (χ0n) is 11.6. The third-order valence-electron chi connectivity index (χ3n) is 2.83. The van der Waals surface area contributed by atoms with Crippen LogP contribution in [-0.2, 0) is 20.9 Å². The van der Waals surface area contributed by atoms with Gasteiger partial charge in [-0.3, -0.25) is 9.59 Å². The quantitative estimate of drug-likeness (QED) is 0.795. The molecule has 1 rings (SSSR count). The average molecular weight is 301 g/mol. The Labute approximate surface area is 121 Å². The maximum Gasteiger partial charge on any atom is 0.305 e. The van der Waals surface area contributed by atoms with Gasteiger partial charge in [0.15, 0.2) is 11.6 Å². The van der Waals surface area contributed by atoms with Crippen LogP contribution in [0.15, 0.2) is 18.2 Å². The first-order valence-electron chi connectivity index (χ1n) is 6.36. The minimum Gasteiger partial charge on any atom is -0.481 e. The van der Waals surface area contributed by atoms with E-state index in [-0.39, 0.29) is 38.4 Å². The predicted octanol–water partition coefficient (Wildman–Crippen LogP) is 1.80. The molecule has 5 nitrogen and oxygen atoms in total. The van der Waals surface area contributed by atoms with Crippen LogP contribution in [0.25, 0.3) is 0 Å². The van der Waals surface area contributed by atoms with E-state index in [1.54, 1.807) is 0 Å². The normalized spacial score (nSPS) is 10.4. The summed E-state index contributed by atoms with van der Waals surface area (Å²) in [6.07, 6.45) is -0.123. The van der Waals surface area contributed by atoms with Crippen molar-refractivity contribution in [3.8, 4) is 0 Å². The van der Waals surface area contributed by atoms with Gasteiger partial charge < -0.3 is 14.7 Å². The largest absolute Gasteiger partial charge is 0.481 e. The third-order valence-corrected chi connectivity index (χ3v) is 2.83. The van der Waals surface area contributed by atoms with Crippen molar-refractivity contribution >= 4 is 11.9 Å². The lowest BCUT2D eigenvalue weighted by atomic mass is 10.2. The first kappa shape index (κ1) is 17.0. The zero-order chi connectivity index (χ0) is 15.8. The monoisotopic (exact) mass is 301 g/mol. The van der Waals surface area contributed by atoms with Crippen molar-refractivity contribution < 1.29 is 28.2 Å². The molecule has 1 amide bonds. The van der Waals surface area contributed by atoms with E-state index in [2.05, 4.69) is 0 Å². The van der Waals surface area contributed by atoms with Crippen LogP contribution < -0.4 is 0 Å². The summed E-state index contributed by atoms with van der Waals surface area (Å²) in [4.78, 5) is 23.9. The van der Waals surface area contributed by atoms with Gasteiger partial charge in [-0.25, -0.2) is 8.78 Å². The number of halogens is 2. The Kier molecular flexibility index (Phi) is 6.74. The standard InChI is InChI=1S/C14H17F2NO4/c1-21-7-5-13(18)17(6-4-14(19)20)9-10-2-3-11(15)12(16)8-10/h2-3,8H,4-7,9H2,1H3,(H,19,20). The van der Waals surface area contributed by atoms with Gasteiger partial charge in [0.25, 0.3) is 0 Å². The maximum atomic E-state index is 13.2. The number of rotatable bonds is 8. The van der Waals surface area contributed by atoms with Crippen LogP contribution in [-0.4, -0.2) is 42.1 Å². The number of carboxylic acids is 1. The highest BCUT2D eigenvalue weighted by molar-refractivity contribution is 5.77. The molecule has 0 bridgehead atoms. The number of benzene rings is 1. The van der Waals surface area contributed by atoms with E-state index in [0.29, 0.717) is 5.56 Å². The molecule has 0 fully saturated rings. The fraction of sp³-hybridized carbons (Fsp3) is 0.429. The molecule has 21 heavy (non-hydrogen) atoms. The molecule has 0 aliphatic heterocycles. The number of carbonyl (C=O) groups is 2. The Bertz CT molecular complexity index is 508. The molecule has 0 unspecified atom stereocenters. The van der Waals surface area contributed by atoms with Crippen LogP contribution in [0.1, 0.15) is 18.4 Å². The summed E-state index contributed by atoms with van der Waals surface area (Å²) in [7, 11) is 1.45. The molecular formula is C14H17F2NO4. The first-order valence-corrected chi connectivity index (χ1v) is 6.36. The Morgan fingerprint density at radius 2 is 1.95 bits per heavy atom. The van der Waals surface area contributed by atoms with Gasteiger partial charge in [0.1, 0.15) is 0 Å². The number of amides is 1. The number of hydrogen-bond donors (Lipinski definition) is 1. The van der Waals surface area contributed by atoms with Crippen LogP contribution in [0.2, 0.25) is 0 Å². The van der Waals surface area contributed by atoms with Crippen LogP contribution in [0.5, 0.6) is 0 Å². The van der Waals surface area contributed by atoms with Gasteiger partial charge in [-0.1, -0.05) is 6.07 Å². The molecule has 0 saturated heterocycles. The Morgan fingerprint density at radius 3 is 2.52 bits per heavy atom. The van der Waals surface area contributed by atoms with Gasteiger partial charge in [0, 0.05) is 20.2 Å². The fourth-order valence-electron chi connectivity index (χ4n) is 1.73. The Morgan fingerprint density at radius 1 is 1.24 bits per heavy atom. The lowest BCUT2D eigenvalue weighted by Crippen LogP contribution is -2.33. The molecule has 1 aromatic carbocycles. The fourth-order valence-corrected chi connectivity index (χ4v) is 1.73. The minimum absolute atomic E-state index is 0.00310. The molecule has 7 heteroatoms.